The van der Waals surface area contributed by atoms with Gasteiger partial charge < -0.3 is 15.1 Å². The van der Waals surface area contributed by atoms with E-state index in [0.29, 0.717) is 28.9 Å². The number of hydrogen-bond acceptors (Lipinski definition) is 7. The molecule has 2 N–H and O–H groups in total. The molecule has 8 heteroatoms. The van der Waals surface area contributed by atoms with Gasteiger partial charge in [0.25, 0.3) is 0 Å². The normalized spacial score (nSPS) is 11.5. The second-order valence-electron chi connectivity index (χ2n) is 5.21. The van der Waals surface area contributed by atoms with Gasteiger partial charge in [0.2, 0.25) is 5.13 Å². The number of hydrogen-bond donors (Lipinski definition) is 2. The van der Waals surface area contributed by atoms with Crippen LogP contribution < -0.4 is 4.90 Å². The van der Waals surface area contributed by atoms with E-state index >= 15 is 0 Å². The summed E-state index contributed by atoms with van der Waals surface area (Å²) in [6.45, 7) is 0.789. The summed E-state index contributed by atoms with van der Waals surface area (Å²) in [6.07, 6.45) is 0. The molecule has 2 aromatic carbocycles. The fraction of sp³-hybridized carbons (Fsp3) is 0.235. The minimum Gasteiger partial charge on any atom is -0.395 e. The Morgan fingerprint density at radius 2 is 1.76 bits per heavy atom. The monoisotopic (exact) mass is 376 g/mol. The average Bonchev–Trinajstić information content (AvgIpc) is 3.05. The van der Waals surface area contributed by atoms with E-state index in [-0.39, 0.29) is 13.2 Å². The summed E-state index contributed by atoms with van der Waals surface area (Å²) in [5.41, 5.74) is 2.17. The highest BCUT2D eigenvalue weighted by molar-refractivity contribution is 7.22. The van der Waals surface area contributed by atoms with E-state index in [1.54, 1.807) is 6.07 Å². The number of anilines is 1. The number of aliphatic hydroxyl groups is 2. The Morgan fingerprint density at radius 3 is 2.48 bits per heavy atom. The molecule has 0 aliphatic rings. The summed E-state index contributed by atoms with van der Waals surface area (Å²) < 4.78 is 0.955. The highest BCUT2D eigenvalue weighted by Gasteiger charge is 2.11. The van der Waals surface area contributed by atoms with Crippen molar-refractivity contribution >= 4 is 49.7 Å². The molecule has 3 rings (SSSR count). The van der Waals surface area contributed by atoms with E-state index in [9.17, 15) is 10.2 Å². The molecule has 0 radical (unpaired) electrons. The Morgan fingerprint density at radius 1 is 1.00 bits per heavy atom. The smallest absolute Gasteiger partial charge is 0.231 e. The van der Waals surface area contributed by atoms with Crippen molar-refractivity contribution in [3.05, 3.63) is 47.5 Å². The third-order valence-electron chi connectivity index (χ3n) is 3.56. The zero-order valence-corrected chi connectivity index (χ0v) is 14.9. The lowest BCUT2D eigenvalue weighted by molar-refractivity contribution is 0.281. The maximum Gasteiger partial charge on any atom is 0.231 e. The van der Waals surface area contributed by atoms with Crippen molar-refractivity contribution < 1.29 is 10.2 Å². The van der Waals surface area contributed by atoms with Gasteiger partial charge in [0, 0.05) is 13.1 Å². The van der Waals surface area contributed by atoms with Crippen LogP contribution in [-0.2, 0) is 0 Å². The maximum absolute atomic E-state index is 9.23. The first-order valence-electron chi connectivity index (χ1n) is 7.75. The van der Waals surface area contributed by atoms with Gasteiger partial charge in [-0.15, -0.1) is 10.2 Å². The number of thiazole rings is 1. The lowest BCUT2D eigenvalue weighted by Gasteiger charge is -2.23. The van der Waals surface area contributed by atoms with Gasteiger partial charge in [0.1, 0.15) is 11.2 Å². The first-order chi connectivity index (χ1) is 12.2. The summed E-state index contributed by atoms with van der Waals surface area (Å²) in [4.78, 5) is 6.27. The molecule has 3 aromatic rings. The molecule has 130 valence electrons. The fourth-order valence-electron chi connectivity index (χ4n) is 2.45. The number of benzene rings is 2. The summed E-state index contributed by atoms with van der Waals surface area (Å²) in [6, 6.07) is 13.1. The van der Waals surface area contributed by atoms with Crippen LogP contribution >= 0.6 is 22.9 Å². The van der Waals surface area contributed by atoms with Gasteiger partial charge in [0.15, 0.2) is 0 Å². The number of halogens is 1. The first kappa shape index (κ1) is 17.8. The molecule has 6 nitrogen and oxygen atoms in total. The standard InChI is InChI=1S/C17H17ClN4O2S/c18-12-4-3-7-15-16(12)19-17(25-15)21-20-13-5-1-2-6-14(13)22(8-10-23)9-11-24/h1-7,23-24H,8-11H2. The van der Waals surface area contributed by atoms with Crippen molar-refractivity contribution in [2.45, 2.75) is 0 Å². The Bertz CT molecular complexity index is 878. The predicted molar refractivity (Wildman–Crippen MR) is 102 cm³/mol. The molecule has 0 bridgehead atoms. The van der Waals surface area contributed by atoms with Gasteiger partial charge in [-0.1, -0.05) is 41.1 Å². The third-order valence-corrected chi connectivity index (χ3v) is 4.77. The van der Waals surface area contributed by atoms with Crippen molar-refractivity contribution in [1.82, 2.24) is 4.98 Å². The van der Waals surface area contributed by atoms with Crippen LogP contribution in [-0.4, -0.2) is 41.5 Å². The van der Waals surface area contributed by atoms with Gasteiger partial charge in [-0.25, -0.2) is 4.98 Å². The van der Waals surface area contributed by atoms with Crippen LogP contribution in [0.15, 0.2) is 52.7 Å². The molecule has 0 fully saturated rings. The molecule has 0 unspecified atom stereocenters. The Labute approximate surface area is 154 Å². The van der Waals surface area contributed by atoms with Crippen LogP contribution in [0.25, 0.3) is 10.2 Å². The van der Waals surface area contributed by atoms with Crippen LogP contribution in [0, 0.1) is 0 Å². The summed E-state index contributed by atoms with van der Waals surface area (Å²) >= 11 is 7.56. The van der Waals surface area contributed by atoms with E-state index in [1.165, 1.54) is 11.3 Å². The lowest BCUT2D eigenvalue weighted by Crippen LogP contribution is -2.29. The van der Waals surface area contributed by atoms with E-state index in [1.807, 2.05) is 41.3 Å². The second-order valence-corrected chi connectivity index (χ2v) is 6.62. The minimum absolute atomic E-state index is 0.0121. The van der Waals surface area contributed by atoms with E-state index < -0.39 is 0 Å². The zero-order valence-electron chi connectivity index (χ0n) is 13.3. The SMILES string of the molecule is OCCN(CCO)c1ccccc1N=Nc1nc2c(Cl)cccc2s1. The molecule has 1 aromatic heterocycles. The number of aromatic nitrogens is 1. The number of aliphatic hydroxyl groups excluding tert-OH is 2. The maximum atomic E-state index is 9.23. The molecule has 0 spiro atoms. The molecule has 25 heavy (non-hydrogen) atoms. The van der Waals surface area contributed by atoms with E-state index in [0.717, 1.165) is 15.9 Å². The molecule has 0 aliphatic heterocycles. The van der Waals surface area contributed by atoms with Gasteiger partial charge in [-0.2, -0.15) is 0 Å². The Balaban J connectivity index is 1.91. The number of rotatable bonds is 7. The highest BCUT2D eigenvalue weighted by Crippen LogP contribution is 2.34. The van der Waals surface area contributed by atoms with Crippen LogP contribution in [0.4, 0.5) is 16.5 Å². The molecule has 1 heterocycles. The molecule has 0 amide bonds. The van der Waals surface area contributed by atoms with E-state index in [4.69, 9.17) is 11.6 Å². The van der Waals surface area contributed by atoms with Crippen molar-refractivity contribution in [3.8, 4) is 0 Å². The van der Waals surface area contributed by atoms with Crippen molar-refractivity contribution in [2.24, 2.45) is 10.2 Å². The summed E-state index contributed by atoms with van der Waals surface area (Å²) in [7, 11) is 0. The zero-order chi connectivity index (χ0) is 17.6. The van der Waals surface area contributed by atoms with Gasteiger partial charge >= 0.3 is 0 Å². The van der Waals surface area contributed by atoms with Crippen LogP contribution in [0.5, 0.6) is 0 Å². The van der Waals surface area contributed by atoms with Crippen molar-refractivity contribution in [2.75, 3.05) is 31.2 Å². The Kier molecular flexibility index (Phi) is 5.93. The summed E-state index contributed by atoms with van der Waals surface area (Å²) in [5, 5.41) is 28.1. The van der Waals surface area contributed by atoms with Crippen LogP contribution in [0.1, 0.15) is 0 Å². The summed E-state index contributed by atoms with van der Waals surface area (Å²) in [5.74, 6) is 0. The number of azo groups is 1. The highest BCUT2D eigenvalue weighted by atomic mass is 35.5. The number of fused-ring (bicyclic) bond motifs is 1. The molecular weight excluding hydrogens is 360 g/mol. The second kappa shape index (κ2) is 8.35. The fourth-order valence-corrected chi connectivity index (χ4v) is 3.54. The first-order valence-corrected chi connectivity index (χ1v) is 8.95. The van der Waals surface area contributed by atoms with Crippen molar-refractivity contribution in [1.29, 1.82) is 0 Å². The molecule has 0 aliphatic carbocycles. The number of para-hydroxylation sites is 2. The van der Waals surface area contributed by atoms with Gasteiger partial charge in [-0.3, -0.25) is 0 Å². The average molecular weight is 377 g/mol. The Hall–Kier alpha value is -2.06. The topological polar surface area (TPSA) is 81.3 Å². The lowest BCUT2D eigenvalue weighted by atomic mass is 10.2. The number of nitrogens with zero attached hydrogens (tertiary/aromatic N) is 4. The quantitative estimate of drug-likeness (QED) is 0.607. The van der Waals surface area contributed by atoms with Crippen LogP contribution in [0.2, 0.25) is 5.02 Å². The molecule has 0 saturated heterocycles. The van der Waals surface area contributed by atoms with Crippen molar-refractivity contribution in [3.63, 3.8) is 0 Å². The van der Waals surface area contributed by atoms with Gasteiger partial charge in [-0.05, 0) is 24.3 Å². The molecular formula is C17H17ClN4O2S. The molecule has 0 atom stereocenters. The predicted octanol–water partition coefficient (Wildman–Crippen LogP) is 4.16. The van der Waals surface area contributed by atoms with Gasteiger partial charge in [0.05, 0.1) is 28.6 Å². The molecule has 0 saturated carbocycles. The third kappa shape index (κ3) is 4.13. The minimum atomic E-state index is -0.0121. The van der Waals surface area contributed by atoms with Crippen LogP contribution in [0.3, 0.4) is 0 Å². The van der Waals surface area contributed by atoms with E-state index in [2.05, 4.69) is 15.2 Å². The largest absolute Gasteiger partial charge is 0.395 e.